The van der Waals surface area contributed by atoms with Gasteiger partial charge in [-0.05, 0) is 29.3 Å². The number of anilines is 1. The van der Waals surface area contributed by atoms with Crippen molar-refractivity contribution in [2.45, 2.75) is 12.3 Å². The highest BCUT2D eigenvalue weighted by molar-refractivity contribution is 6.42. The van der Waals surface area contributed by atoms with E-state index in [1.54, 1.807) is 6.07 Å². The lowest BCUT2D eigenvalue weighted by molar-refractivity contribution is -0.116. The van der Waals surface area contributed by atoms with Crippen LogP contribution >= 0.6 is 23.2 Å². The van der Waals surface area contributed by atoms with Gasteiger partial charge in [-0.15, -0.1) is 0 Å². The van der Waals surface area contributed by atoms with Crippen molar-refractivity contribution in [3.05, 3.63) is 51.5 Å². The molecule has 0 unspecified atom stereocenters. The maximum Gasteiger partial charge on any atom is 0.225 e. The maximum absolute atomic E-state index is 12.1. The van der Waals surface area contributed by atoms with Gasteiger partial charge in [0.15, 0.2) is 11.5 Å². The maximum atomic E-state index is 12.1. The number of nitrogens with one attached hydrogen (secondary N) is 1. The Hall–Kier alpha value is -1.91. The van der Waals surface area contributed by atoms with Crippen molar-refractivity contribution in [1.82, 2.24) is 0 Å². The number of ether oxygens (including phenoxy) is 2. The minimum Gasteiger partial charge on any atom is -0.486 e. The van der Waals surface area contributed by atoms with Crippen LogP contribution in [0.3, 0.4) is 0 Å². The highest BCUT2D eigenvalue weighted by Gasteiger charge is 2.29. The number of hydrogen-bond donors (Lipinski definition) is 1. The second-order valence-corrected chi connectivity index (χ2v) is 6.38. The monoisotopic (exact) mass is 349 g/mol. The van der Waals surface area contributed by atoms with Crippen molar-refractivity contribution < 1.29 is 14.3 Å². The van der Waals surface area contributed by atoms with E-state index >= 15 is 0 Å². The Balaban J connectivity index is 1.83. The average Bonchev–Trinajstić information content (AvgIpc) is 2.55. The van der Waals surface area contributed by atoms with Crippen LogP contribution in [0.15, 0.2) is 30.3 Å². The van der Waals surface area contributed by atoms with Gasteiger partial charge in [-0.2, -0.15) is 0 Å². The van der Waals surface area contributed by atoms with Crippen molar-refractivity contribution in [2.75, 3.05) is 18.5 Å². The van der Waals surface area contributed by atoms with E-state index in [1.165, 1.54) is 0 Å². The summed E-state index contributed by atoms with van der Waals surface area (Å²) in [5.41, 5.74) is 2.70. The number of hydrogen-bond acceptors (Lipinski definition) is 3. The standard InChI is InChI=1S/C17H13Cl2NO3/c18-12-2-1-9(5-13(12)19)10-7-17(21)20-14-8-16-15(6-11(10)14)22-3-4-23-16/h1-2,5-6,8,10H,3-4,7H2,(H,20,21)/t10-/m1/s1. The van der Waals surface area contributed by atoms with Crippen molar-refractivity contribution in [1.29, 1.82) is 0 Å². The van der Waals surface area contributed by atoms with Crippen molar-refractivity contribution in [2.24, 2.45) is 0 Å². The van der Waals surface area contributed by atoms with Crippen molar-refractivity contribution >= 4 is 34.8 Å². The molecule has 0 spiro atoms. The zero-order valence-electron chi connectivity index (χ0n) is 12.1. The highest BCUT2D eigenvalue weighted by Crippen LogP contribution is 2.44. The van der Waals surface area contributed by atoms with Crippen LogP contribution in [0.1, 0.15) is 23.5 Å². The fraction of sp³-hybridized carbons (Fsp3) is 0.235. The summed E-state index contributed by atoms with van der Waals surface area (Å²) in [4.78, 5) is 12.1. The summed E-state index contributed by atoms with van der Waals surface area (Å²) in [7, 11) is 0. The molecule has 2 aliphatic rings. The van der Waals surface area contributed by atoms with Gasteiger partial charge in [0.25, 0.3) is 0 Å². The van der Waals surface area contributed by atoms with Gasteiger partial charge in [-0.1, -0.05) is 29.3 Å². The number of fused-ring (bicyclic) bond motifs is 2. The molecule has 0 aromatic heterocycles. The second-order valence-electron chi connectivity index (χ2n) is 5.56. The quantitative estimate of drug-likeness (QED) is 0.837. The zero-order valence-corrected chi connectivity index (χ0v) is 13.6. The molecule has 0 saturated carbocycles. The molecule has 2 heterocycles. The molecule has 0 radical (unpaired) electrons. The number of rotatable bonds is 1. The Morgan fingerprint density at radius 1 is 1.00 bits per heavy atom. The molecule has 23 heavy (non-hydrogen) atoms. The molecule has 1 N–H and O–H groups in total. The average molecular weight is 350 g/mol. The molecule has 4 rings (SSSR count). The fourth-order valence-corrected chi connectivity index (χ4v) is 3.33. The third-order valence-corrected chi connectivity index (χ3v) is 4.84. The smallest absolute Gasteiger partial charge is 0.225 e. The molecular formula is C17H13Cl2NO3. The van der Waals surface area contributed by atoms with Crippen LogP contribution in [0.25, 0.3) is 0 Å². The highest BCUT2D eigenvalue weighted by atomic mass is 35.5. The van der Waals surface area contributed by atoms with E-state index in [-0.39, 0.29) is 11.8 Å². The van der Waals surface area contributed by atoms with Gasteiger partial charge in [0, 0.05) is 24.1 Å². The number of amides is 1. The molecule has 6 heteroatoms. The molecule has 2 aromatic carbocycles. The van der Waals surface area contributed by atoms with Gasteiger partial charge in [0.1, 0.15) is 13.2 Å². The molecule has 0 fully saturated rings. The van der Waals surface area contributed by atoms with E-state index in [0.29, 0.717) is 41.2 Å². The molecule has 2 aromatic rings. The number of halogens is 2. The molecule has 1 amide bonds. The molecule has 2 aliphatic heterocycles. The Morgan fingerprint density at radius 2 is 1.74 bits per heavy atom. The van der Waals surface area contributed by atoms with Crippen molar-refractivity contribution in [3.8, 4) is 11.5 Å². The summed E-state index contributed by atoms with van der Waals surface area (Å²) >= 11 is 12.1. The topological polar surface area (TPSA) is 47.6 Å². The lowest BCUT2D eigenvalue weighted by Gasteiger charge is -2.29. The third kappa shape index (κ3) is 2.62. The van der Waals surface area contributed by atoms with Crippen LogP contribution in [-0.2, 0) is 4.79 Å². The van der Waals surface area contributed by atoms with E-state index < -0.39 is 0 Å². The lowest BCUT2D eigenvalue weighted by atomic mass is 9.84. The van der Waals surface area contributed by atoms with E-state index in [0.717, 1.165) is 16.8 Å². The summed E-state index contributed by atoms with van der Waals surface area (Å²) < 4.78 is 11.2. The predicted molar refractivity (Wildman–Crippen MR) is 89.0 cm³/mol. The first kappa shape index (κ1) is 14.7. The fourth-order valence-electron chi connectivity index (χ4n) is 3.02. The summed E-state index contributed by atoms with van der Waals surface area (Å²) in [5.74, 6) is 1.23. The van der Waals surface area contributed by atoms with E-state index in [4.69, 9.17) is 32.7 Å². The predicted octanol–water partition coefficient (Wildman–Crippen LogP) is 4.24. The SMILES string of the molecule is O=C1C[C@H](c2ccc(Cl)c(Cl)c2)c2cc3c(cc2N1)OCCO3. The van der Waals surface area contributed by atoms with Crippen LogP contribution in [0.5, 0.6) is 11.5 Å². The zero-order chi connectivity index (χ0) is 16.0. The Labute approximate surface area is 143 Å². The molecular weight excluding hydrogens is 337 g/mol. The Bertz CT molecular complexity index is 807. The molecule has 1 atom stereocenters. The van der Waals surface area contributed by atoms with Gasteiger partial charge >= 0.3 is 0 Å². The lowest BCUT2D eigenvalue weighted by Crippen LogP contribution is -2.24. The molecule has 0 saturated heterocycles. The molecule has 0 aliphatic carbocycles. The largest absolute Gasteiger partial charge is 0.486 e. The molecule has 4 nitrogen and oxygen atoms in total. The number of benzene rings is 2. The van der Waals surface area contributed by atoms with Gasteiger partial charge in [0.2, 0.25) is 5.91 Å². The van der Waals surface area contributed by atoms with E-state index in [2.05, 4.69) is 5.32 Å². The summed E-state index contributed by atoms with van der Waals surface area (Å²) in [6.07, 6.45) is 0.352. The van der Waals surface area contributed by atoms with Gasteiger partial charge < -0.3 is 14.8 Å². The van der Waals surface area contributed by atoms with E-state index in [9.17, 15) is 4.79 Å². The molecule has 118 valence electrons. The summed E-state index contributed by atoms with van der Waals surface area (Å²) in [6, 6.07) is 9.23. The van der Waals surface area contributed by atoms with Crippen molar-refractivity contribution in [3.63, 3.8) is 0 Å². The van der Waals surface area contributed by atoms with Gasteiger partial charge in [-0.25, -0.2) is 0 Å². The van der Waals surface area contributed by atoms with Gasteiger partial charge in [-0.3, -0.25) is 4.79 Å². The van der Waals surface area contributed by atoms with Crippen LogP contribution < -0.4 is 14.8 Å². The first-order valence-electron chi connectivity index (χ1n) is 7.30. The number of carbonyl (C=O) groups is 1. The normalized spacial score (nSPS) is 19.0. The third-order valence-electron chi connectivity index (χ3n) is 4.10. The Morgan fingerprint density at radius 3 is 2.48 bits per heavy atom. The van der Waals surface area contributed by atoms with Crippen LogP contribution in [0.2, 0.25) is 10.0 Å². The van der Waals surface area contributed by atoms with Crippen LogP contribution in [-0.4, -0.2) is 19.1 Å². The first-order chi connectivity index (χ1) is 11.1. The first-order valence-corrected chi connectivity index (χ1v) is 8.06. The second kappa shape index (κ2) is 5.62. The van der Waals surface area contributed by atoms with Gasteiger partial charge in [0.05, 0.1) is 10.0 Å². The summed E-state index contributed by atoms with van der Waals surface area (Å²) in [5, 5.41) is 3.88. The minimum absolute atomic E-state index is 0.0368. The van der Waals surface area contributed by atoms with E-state index in [1.807, 2.05) is 24.3 Å². The summed E-state index contributed by atoms with van der Waals surface area (Å²) in [6.45, 7) is 1.03. The minimum atomic E-state index is -0.0932. The Kier molecular flexibility index (Phi) is 3.58. The van der Waals surface area contributed by atoms with Crippen LogP contribution in [0, 0.1) is 0 Å². The van der Waals surface area contributed by atoms with Crippen LogP contribution in [0.4, 0.5) is 5.69 Å². The number of carbonyl (C=O) groups excluding carboxylic acids is 1. The molecule has 0 bridgehead atoms.